The maximum Gasteiger partial charge on any atom is 0.129 e. The molecular formula is C5H2Cl2NS-. The SMILES string of the molecule is [S-]c1cc(Cl)nc(Cl)c1. The molecule has 0 unspecified atom stereocenters. The molecule has 0 fully saturated rings. The van der Waals surface area contributed by atoms with E-state index in [9.17, 15) is 0 Å². The molecule has 0 aliphatic carbocycles. The van der Waals surface area contributed by atoms with Crippen LogP contribution in [0.4, 0.5) is 0 Å². The summed E-state index contributed by atoms with van der Waals surface area (Å²) in [4.78, 5) is 4.31. The summed E-state index contributed by atoms with van der Waals surface area (Å²) in [5.41, 5.74) is 0. The maximum atomic E-state index is 5.49. The number of halogens is 2. The Balaban J connectivity index is 3.17. The third kappa shape index (κ3) is 1.97. The molecule has 0 amide bonds. The molecule has 0 atom stereocenters. The van der Waals surface area contributed by atoms with E-state index in [1.165, 1.54) is 0 Å². The van der Waals surface area contributed by atoms with Gasteiger partial charge >= 0.3 is 0 Å². The zero-order valence-corrected chi connectivity index (χ0v) is 6.59. The highest BCUT2D eigenvalue weighted by Gasteiger charge is 1.88. The van der Waals surface area contributed by atoms with Crippen LogP contribution in [0.25, 0.3) is 0 Å². The molecule has 0 radical (unpaired) electrons. The zero-order chi connectivity index (χ0) is 6.85. The normalized spacial score (nSPS) is 9.56. The zero-order valence-electron chi connectivity index (χ0n) is 4.27. The number of hydrogen-bond donors (Lipinski definition) is 0. The Hall–Kier alpha value is -0.0500. The number of hydrogen-bond acceptors (Lipinski definition) is 2. The van der Waals surface area contributed by atoms with Gasteiger partial charge in [0.2, 0.25) is 0 Å². The van der Waals surface area contributed by atoms with Crippen molar-refractivity contribution >= 4 is 35.8 Å². The molecule has 4 heteroatoms. The fraction of sp³-hybridized carbons (Fsp3) is 0. The molecule has 9 heavy (non-hydrogen) atoms. The molecule has 0 N–H and O–H groups in total. The van der Waals surface area contributed by atoms with E-state index in [1.807, 2.05) is 0 Å². The van der Waals surface area contributed by atoms with Gasteiger partial charge in [-0.1, -0.05) is 23.2 Å². The van der Waals surface area contributed by atoms with Crippen LogP contribution in [0.15, 0.2) is 17.0 Å². The molecule has 0 aliphatic rings. The molecule has 1 heterocycles. The van der Waals surface area contributed by atoms with Gasteiger partial charge in [-0.3, -0.25) is 0 Å². The lowest BCUT2D eigenvalue weighted by atomic mass is 10.5. The van der Waals surface area contributed by atoms with Gasteiger partial charge in [-0.2, -0.15) is 4.90 Å². The molecule has 48 valence electrons. The molecule has 0 bridgehead atoms. The molecule has 0 spiro atoms. The van der Waals surface area contributed by atoms with Crippen molar-refractivity contribution in [2.45, 2.75) is 4.90 Å². The van der Waals surface area contributed by atoms with Crippen molar-refractivity contribution in [1.82, 2.24) is 4.98 Å². The quantitative estimate of drug-likeness (QED) is 0.447. The second-order valence-electron chi connectivity index (χ2n) is 1.45. The highest BCUT2D eigenvalue weighted by atomic mass is 35.5. The first kappa shape index (κ1) is 7.06. The van der Waals surface area contributed by atoms with Crippen LogP contribution in [-0.4, -0.2) is 4.98 Å². The first-order valence-electron chi connectivity index (χ1n) is 2.18. The lowest BCUT2D eigenvalue weighted by molar-refractivity contribution is 1.27. The van der Waals surface area contributed by atoms with Gasteiger partial charge < -0.3 is 12.6 Å². The van der Waals surface area contributed by atoms with Crippen molar-refractivity contribution < 1.29 is 0 Å². The molecular weight excluding hydrogens is 177 g/mol. The molecule has 1 rings (SSSR count). The highest BCUT2D eigenvalue weighted by Crippen LogP contribution is 2.13. The molecule has 0 saturated heterocycles. The number of nitrogens with zero attached hydrogens (tertiary/aromatic N) is 1. The van der Waals surface area contributed by atoms with E-state index < -0.39 is 0 Å². The lowest BCUT2D eigenvalue weighted by Gasteiger charge is -2.03. The third-order valence-electron chi connectivity index (χ3n) is 0.736. The van der Waals surface area contributed by atoms with E-state index in [-0.39, 0.29) is 0 Å². The molecule has 0 aliphatic heterocycles. The van der Waals surface area contributed by atoms with E-state index in [2.05, 4.69) is 4.98 Å². The van der Waals surface area contributed by atoms with E-state index in [1.54, 1.807) is 12.1 Å². The lowest BCUT2D eigenvalue weighted by Crippen LogP contribution is -1.77. The molecule has 1 nitrogen and oxygen atoms in total. The predicted octanol–water partition coefficient (Wildman–Crippen LogP) is 2.29. The van der Waals surface area contributed by atoms with Crippen LogP contribution in [0.5, 0.6) is 0 Å². The van der Waals surface area contributed by atoms with Crippen LogP contribution in [-0.2, 0) is 12.6 Å². The fourth-order valence-electron chi connectivity index (χ4n) is 0.443. The average molecular weight is 179 g/mol. The van der Waals surface area contributed by atoms with E-state index >= 15 is 0 Å². The Kier molecular flexibility index (Phi) is 2.11. The minimum Gasteiger partial charge on any atom is -0.779 e. The topological polar surface area (TPSA) is 12.9 Å². The summed E-state index contributed by atoms with van der Waals surface area (Å²) in [6.45, 7) is 0. The highest BCUT2D eigenvalue weighted by molar-refractivity contribution is 7.58. The molecule has 1 aromatic heterocycles. The first-order valence-corrected chi connectivity index (χ1v) is 3.35. The van der Waals surface area contributed by atoms with Gasteiger partial charge in [0.25, 0.3) is 0 Å². The minimum absolute atomic E-state index is 0.340. The number of pyridine rings is 1. The van der Waals surface area contributed by atoms with Crippen molar-refractivity contribution in [2.75, 3.05) is 0 Å². The minimum atomic E-state index is 0.340. The van der Waals surface area contributed by atoms with Crippen LogP contribution >= 0.6 is 23.2 Å². The summed E-state index contributed by atoms with van der Waals surface area (Å²) >= 11 is 15.8. The van der Waals surface area contributed by atoms with Crippen LogP contribution < -0.4 is 0 Å². The van der Waals surface area contributed by atoms with Gasteiger partial charge in [0.1, 0.15) is 10.3 Å². The molecule has 0 aromatic carbocycles. The average Bonchev–Trinajstić information content (AvgIpc) is 1.59. The monoisotopic (exact) mass is 178 g/mol. The van der Waals surface area contributed by atoms with Crippen LogP contribution in [0.1, 0.15) is 0 Å². The van der Waals surface area contributed by atoms with Crippen molar-refractivity contribution in [3.05, 3.63) is 22.4 Å². The Labute approximate surface area is 68.4 Å². The number of aromatic nitrogens is 1. The summed E-state index contributed by atoms with van der Waals surface area (Å²) in [6, 6.07) is 3.14. The maximum absolute atomic E-state index is 5.49. The largest absolute Gasteiger partial charge is 0.779 e. The van der Waals surface area contributed by atoms with Gasteiger partial charge in [-0.05, 0) is 12.1 Å². The van der Waals surface area contributed by atoms with Gasteiger partial charge in [0.05, 0.1) is 0 Å². The van der Waals surface area contributed by atoms with Gasteiger partial charge in [0, 0.05) is 0 Å². The summed E-state index contributed by atoms with van der Waals surface area (Å²) in [7, 11) is 0. The summed E-state index contributed by atoms with van der Waals surface area (Å²) < 4.78 is 0. The smallest absolute Gasteiger partial charge is 0.129 e. The Bertz CT molecular complexity index is 176. The van der Waals surface area contributed by atoms with Crippen molar-refractivity contribution in [2.24, 2.45) is 0 Å². The van der Waals surface area contributed by atoms with Gasteiger partial charge in [0.15, 0.2) is 0 Å². The standard InChI is InChI=1S/C5H3Cl2NS/c6-4-1-3(9)2-5(7)8-4/h1-2H,(H,8,9)/p-1. The van der Waals surface area contributed by atoms with E-state index in [0.29, 0.717) is 15.2 Å². The second-order valence-corrected chi connectivity index (χ2v) is 2.69. The fourth-order valence-corrected chi connectivity index (χ4v) is 1.26. The summed E-state index contributed by atoms with van der Waals surface area (Å²) in [5, 5.41) is 0.681. The van der Waals surface area contributed by atoms with Crippen molar-refractivity contribution in [3.63, 3.8) is 0 Å². The third-order valence-corrected chi connectivity index (χ3v) is 1.36. The first-order chi connectivity index (χ1) is 4.18. The van der Waals surface area contributed by atoms with Crippen LogP contribution in [0.3, 0.4) is 0 Å². The van der Waals surface area contributed by atoms with Crippen LogP contribution in [0.2, 0.25) is 10.3 Å². The van der Waals surface area contributed by atoms with Crippen molar-refractivity contribution in [1.29, 1.82) is 0 Å². The van der Waals surface area contributed by atoms with E-state index in [4.69, 9.17) is 35.8 Å². The van der Waals surface area contributed by atoms with Crippen molar-refractivity contribution in [3.8, 4) is 0 Å². The summed E-state index contributed by atoms with van der Waals surface area (Å²) in [6.07, 6.45) is 0. The van der Waals surface area contributed by atoms with Crippen LogP contribution in [0, 0.1) is 0 Å². The van der Waals surface area contributed by atoms with E-state index in [0.717, 1.165) is 0 Å². The predicted molar refractivity (Wildman–Crippen MR) is 39.9 cm³/mol. The second kappa shape index (κ2) is 2.69. The summed E-state index contributed by atoms with van der Waals surface area (Å²) in [5.74, 6) is 0. The number of rotatable bonds is 0. The van der Waals surface area contributed by atoms with Gasteiger partial charge in [-0.15, -0.1) is 0 Å². The van der Waals surface area contributed by atoms with Gasteiger partial charge in [-0.25, -0.2) is 4.98 Å². The molecule has 1 aromatic rings. The Morgan fingerprint density at radius 3 is 2.00 bits per heavy atom. The Morgan fingerprint density at radius 1 is 1.22 bits per heavy atom. The Morgan fingerprint density at radius 2 is 1.67 bits per heavy atom. The molecule has 0 saturated carbocycles.